The molecular weight excluding hydrogens is 490 g/mol. The fourth-order valence-electron chi connectivity index (χ4n) is 4.34. The third-order valence-electron chi connectivity index (χ3n) is 6.78. The number of hydrogen-bond acceptors (Lipinski definition) is 4. The molecule has 0 radical (unpaired) electrons. The number of amides is 3. The number of ether oxygens (including phenoxy) is 1. The Kier molecular flexibility index (Phi) is 9.05. The van der Waals surface area contributed by atoms with Gasteiger partial charge in [-0.2, -0.15) is 0 Å². The molecule has 0 aromatic heterocycles. The van der Waals surface area contributed by atoms with E-state index in [1.807, 2.05) is 94.4 Å². The quantitative estimate of drug-likeness (QED) is 0.336. The van der Waals surface area contributed by atoms with Gasteiger partial charge in [-0.3, -0.25) is 9.59 Å². The highest BCUT2D eigenvalue weighted by molar-refractivity contribution is 6.00. The number of carbonyl (C=O) groups is 3. The third kappa shape index (κ3) is 7.59. The summed E-state index contributed by atoms with van der Waals surface area (Å²) in [4.78, 5) is 42.2. The van der Waals surface area contributed by atoms with Crippen LogP contribution >= 0.6 is 0 Å². The standard InChI is InChI=1S/C32H41N3O4/c1-9-32(7,8)35(29(37)22(3)33-30(38)39-31(4,5)6)27(24-16-14-21(2)15-17-24)28(36)34-26-19-18-23-12-10-11-13-25(23)20-26/h10-20,22,27H,9H2,1-8H3,(H,33,38)(H,34,36). The van der Waals surface area contributed by atoms with Crippen molar-refractivity contribution >= 4 is 34.4 Å². The van der Waals surface area contributed by atoms with Crippen molar-refractivity contribution in [2.24, 2.45) is 0 Å². The van der Waals surface area contributed by atoms with Crippen molar-refractivity contribution in [3.8, 4) is 0 Å². The van der Waals surface area contributed by atoms with E-state index in [4.69, 9.17) is 4.74 Å². The predicted octanol–water partition coefficient (Wildman–Crippen LogP) is 6.76. The smallest absolute Gasteiger partial charge is 0.408 e. The molecule has 0 saturated carbocycles. The van der Waals surface area contributed by atoms with Gasteiger partial charge in [0, 0.05) is 11.2 Å². The minimum absolute atomic E-state index is 0.339. The molecule has 2 unspecified atom stereocenters. The first-order valence-electron chi connectivity index (χ1n) is 13.4. The number of benzene rings is 3. The molecule has 0 saturated heterocycles. The lowest BCUT2D eigenvalue weighted by molar-refractivity contribution is -0.147. The van der Waals surface area contributed by atoms with E-state index in [1.165, 1.54) is 0 Å². The third-order valence-corrected chi connectivity index (χ3v) is 6.78. The zero-order chi connectivity index (χ0) is 29.0. The zero-order valence-electron chi connectivity index (χ0n) is 24.3. The number of aryl methyl sites for hydroxylation is 1. The molecule has 3 aromatic carbocycles. The van der Waals surface area contributed by atoms with Crippen molar-refractivity contribution < 1.29 is 19.1 Å². The van der Waals surface area contributed by atoms with Crippen LogP contribution in [-0.2, 0) is 14.3 Å². The molecule has 0 heterocycles. The van der Waals surface area contributed by atoms with Crippen LogP contribution in [-0.4, -0.2) is 40.0 Å². The van der Waals surface area contributed by atoms with Crippen LogP contribution in [0.1, 0.15) is 72.1 Å². The molecule has 3 aromatic rings. The largest absolute Gasteiger partial charge is 0.444 e. The second-order valence-electron chi connectivity index (χ2n) is 11.6. The van der Waals surface area contributed by atoms with Crippen LogP contribution < -0.4 is 10.6 Å². The van der Waals surface area contributed by atoms with Crippen molar-refractivity contribution in [1.29, 1.82) is 0 Å². The minimum Gasteiger partial charge on any atom is -0.444 e. The van der Waals surface area contributed by atoms with Gasteiger partial charge in [0.15, 0.2) is 0 Å². The van der Waals surface area contributed by atoms with Gasteiger partial charge in [-0.15, -0.1) is 0 Å². The van der Waals surface area contributed by atoms with Crippen molar-refractivity contribution in [2.45, 2.75) is 85.0 Å². The topological polar surface area (TPSA) is 87.7 Å². The molecule has 208 valence electrons. The number of anilines is 1. The summed E-state index contributed by atoms with van der Waals surface area (Å²) in [6.45, 7) is 14.7. The average molecular weight is 532 g/mol. The normalized spacial score (nSPS) is 13.3. The van der Waals surface area contributed by atoms with E-state index in [0.29, 0.717) is 17.7 Å². The maximum Gasteiger partial charge on any atom is 0.408 e. The van der Waals surface area contributed by atoms with E-state index in [-0.39, 0.29) is 11.8 Å². The summed E-state index contributed by atoms with van der Waals surface area (Å²) >= 11 is 0. The summed E-state index contributed by atoms with van der Waals surface area (Å²) in [7, 11) is 0. The average Bonchev–Trinajstić information content (AvgIpc) is 2.86. The highest BCUT2D eigenvalue weighted by Crippen LogP contribution is 2.33. The summed E-state index contributed by atoms with van der Waals surface area (Å²) in [6.07, 6.45) is -0.103. The Balaban J connectivity index is 2.02. The lowest BCUT2D eigenvalue weighted by atomic mass is 9.92. The van der Waals surface area contributed by atoms with Crippen LogP contribution in [0.2, 0.25) is 0 Å². The second-order valence-corrected chi connectivity index (χ2v) is 11.6. The van der Waals surface area contributed by atoms with E-state index in [9.17, 15) is 14.4 Å². The molecule has 0 bridgehead atoms. The summed E-state index contributed by atoms with van der Waals surface area (Å²) in [5.41, 5.74) is 0.937. The lowest BCUT2D eigenvalue weighted by Gasteiger charge is -2.44. The number of nitrogens with zero attached hydrogens (tertiary/aromatic N) is 1. The molecule has 3 amide bonds. The summed E-state index contributed by atoms with van der Waals surface area (Å²) in [6, 6.07) is 19.4. The minimum atomic E-state index is -0.942. The van der Waals surface area contributed by atoms with Crippen LogP contribution in [0.3, 0.4) is 0 Å². The van der Waals surface area contributed by atoms with Gasteiger partial charge in [0.1, 0.15) is 17.7 Å². The molecular formula is C32H41N3O4. The van der Waals surface area contributed by atoms with Crippen molar-refractivity contribution in [1.82, 2.24) is 10.2 Å². The lowest BCUT2D eigenvalue weighted by Crippen LogP contribution is -2.58. The van der Waals surface area contributed by atoms with Crippen molar-refractivity contribution in [3.05, 3.63) is 77.9 Å². The Morgan fingerprint density at radius 1 is 0.897 bits per heavy atom. The molecule has 0 aliphatic heterocycles. The van der Waals surface area contributed by atoms with Gasteiger partial charge in [-0.05, 0) is 83.4 Å². The summed E-state index contributed by atoms with van der Waals surface area (Å²) < 4.78 is 5.37. The van der Waals surface area contributed by atoms with Gasteiger partial charge in [0.05, 0.1) is 0 Å². The Labute approximate surface area is 231 Å². The van der Waals surface area contributed by atoms with E-state index in [1.54, 1.807) is 32.6 Å². The number of alkyl carbamates (subject to hydrolysis) is 1. The molecule has 0 fully saturated rings. The molecule has 7 nitrogen and oxygen atoms in total. The first-order valence-corrected chi connectivity index (χ1v) is 13.4. The Bertz CT molecular complexity index is 1330. The number of carbonyl (C=O) groups excluding carboxylic acids is 3. The van der Waals surface area contributed by atoms with E-state index >= 15 is 0 Å². The SMILES string of the molecule is CCC(C)(C)N(C(=O)C(C)NC(=O)OC(C)(C)C)C(C(=O)Nc1ccc2ccccc2c1)c1ccc(C)cc1. The van der Waals surface area contributed by atoms with E-state index in [2.05, 4.69) is 10.6 Å². The maximum absolute atomic E-state index is 14.1. The molecule has 0 spiro atoms. The number of fused-ring (bicyclic) bond motifs is 1. The van der Waals surface area contributed by atoms with Gasteiger partial charge in [0.25, 0.3) is 5.91 Å². The first-order chi connectivity index (χ1) is 18.2. The van der Waals surface area contributed by atoms with Crippen molar-refractivity contribution in [3.63, 3.8) is 0 Å². The van der Waals surface area contributed by atoms with Crippen LogP contribution in [0.5, 0.6) is 0 Å². The maximum atomic E-state index is 14.1. The molecule has 0 aliphatic rings. The van der Waals surface area contributed by atoms with Crippen molar-refractivity contribution in [2.75, 3.05) is 5.32 Å². The molecule has 39 heavy (non-hydrogen) atoms. The van der Waals surface area contributed by atoms with Gasteiger partial charge >= 0.3 is 6.09 Å². The van der Waals surface area contributed by atoms with Crippen LogP contribution in [0, 0.1) is 6.92 Å². The van der Waals surface area contributed by atoms with Gasteiger partial charge in [-0.1, -0.05) is 67.1 Å². The van der Waals surface area contributed by atoms with Crippen LogP contribution in [0.15, 0.2) is 66.7 Å². The number of hydrogen-bond donors (Lipinski definition) is 2. The predicted molar refractivity (Wildman–Crippen MR) is 157 cm³/mol. The van der Waals surface area contributed by atoms with Crippen LogP contribution in [0.4, 0.5) is 10.5 Å². The van der Waals surface area contributed by atoms with E-state index < -0.39 is 29.3 Å². The number of rotatable bonds is 8. The molecule has 0 aliphatic carbocycles. The monoisotopic (exact) mass is 531 g/mol. The zero-order valence-corrected chi connectivity index (χ0v) is 24.3. The Morgan fingerprint density at radius 3 is 2.10 bits per heavy atom. The number of nitrogens with one attached hydrogen (secondary N) is 2. The molecule has 2 atom stereocenters. The first kappa shape index (κ1) is 29.7. The van der Waals surface area contributed by atoms with Gasteiger partial charge < -0.3 is 20.3 Å². The Hall–Kier alpha value is -3.87. The molecule has 2 N–H and O–H groups in total. The molecule has 7 heteroatoms. The fourth-order valence-corrected chi connectivity index (χ4v) is 4.34. The van der Waals surface area contributed by atoms with Gasteiger partial charge in [0.2, 0.25) is 5.91 Å². The molecule has 3 rings (SSSR count). The highest BCUT2D eigenvalue weighted by atomic mass is 16.6. The highest BCUT2D eigenvalue weighted by Gasteiger charge is 2.42. The van der Waals surface area contributed by atoms with Crippen LogP contribution in [0.25, 0.3) is 10.8 Å². The fraction of sp³-hybridized carbons (Fsp3) is 0.406. The summed E-state index contributed by atoms with van der Waals surface area (Å²) in [5.74, 6) is -0.722. The van der Waals surface area contributed by atoms with E-state index in [0.717, 1.165) is 16.3 Å². The Morgan fingerprint density at radius 2 is 1.51 bits per heavy atom. The second kappa shape index (κ2) is 11.9. The summed E-state index contributed by atoms with van der Waals surface area (Å²) in [5, 5.41) is 7.76. The van der Waals surface area contributed by atoms with Gasteiger partial charge in [-0.25, -0.2) is 4.79 Å².